The van der Waals surface area contributed by atoms with Gasteiger partial charge in [0.25, 0.3) is 5.91 Å². The molecular formula is C4H4ClN3OS. The fourth-order valence-electron chi connectivity index (χ4n) is 0.469. The van der Waals surface area contributed by atoms with Crippen molar-refractivity contribution < 1.29 is 4.79 Å². The smallest absolute Gasteiger partial charge is 0.269 e. The molecule has 0 saturated heterocycles. The highest BCUT2D eigenvalue weighted by Crippen LogP contribution is 2.24. The molecule has 0 unspecified atom stereocenters. The van der Waals surface area contributed by atoms with Gasteiger partial charge in [-0.3, -0.25) is 4.79 Å². The lowest BCUT2D eigenvalue weighted by molar-refractivity contribution is 0.0996. The SMILES string of the molecule is NC(=O)c1nc(N)sc1Cl. The molecule has 0 aromatic carbocycles. The van der Waals surface area contributed by atoms with Gasteiger partial charge in [0.2, 0.25) is 0 Å². The molecule has 0 radical (unpaired) electrons. The van der Waals surface area contributed by atoms with Gasteiger partial charge in [-0.05, 0) is 0 Å². The molecule has 1 amide bonds. The lowest BCUT2D eigenvalue weighted by Crippen LogP contribution is -2.11. The van der Waals surface area contributed by atoms with Gasteiger partial charge in [-0.1, -0.05) is 22.9 Å². The normalized spacial score (nSPS) is 9.70. The van der Waals surface area contributed by atoms with Gasteiger partial charge < -0.3 is 11.5 Å². The van der Waals surface area contributed by atoms with Crippen molar-refractivity contribution in [3.63, 3.8) is 0 Å². The second kappa shape index (κ2) is 2.43. The summed E-state index contributed by atoms with van der Waals surface area (Å²) < 4.78 is 0.241. The molecule has 0 aliphatic carbocycles. The summed E-state index contributed by atoms with van der Waals surface area (Å²) in [7, 11) is 0. The summed E-state index contributed by atoms with van der Waals surface area (Å²) >= 11 is 6.54. The maximum absolute atomic E-state index is 10.5. The van der Waals surface area contributed by atoms with Crippen molar-refractivity contribution in [2.24, 2.45) is 5.73 Å². The van der Waals surface area contributed by atoms with Crippen LogP contribution in [-0.4, -0.2) is 10.9 Å². The summed E-state index contributed by atoms with van der Waals surface area (Å²) in [5, 5.41) is 0.249. The monoisotopic (exact) mass is 177 g/mol. The number of nitrogens with two attached hydrogens (primary N) is 2. The van der Waals surface area contributed by atoms with Crippen LogP contribution in [0.1, 0.15) is 10.5 Å². The number of carbonyl (C=O) groups excluding carboxylic acids is 1. The van der Waals surface area contributed by atoms with E-state index < -0.39 is 5.91 Å². The van der Waals surface area contributed by atoms with Crippen molar-refractivity contribution in [2.45, 2.75) is 0 Å². The third-order valence-electron chi connectivity index (χ3n) is 0.836. The van der Waals surface area contributed by atoms with Crippen LogP contribution in [0.4, 0.5) is 5.13 Å². The Balaban J connectivity index is 3.15. The van der Waals surface area contributed by atoms with Gasteiger partial charge in [0.05, 0.1) is 0 Å². The van der Waals surface area contributed by atoms with E-state index in [1.54, 1.807) is 0 Å². The molecule has 1 heterocycles. The van der Waals surface area contributed by atoms with Gasteiger partial charge in [-0.25, -0.2) is 4.98 Å². The minimum Gasteiger partial charge on any atom is -0.375 e. The number of rotatable bonds is 1. The first kappa shape index (κ1) is 7.30. The van der Waals surface area contributed by atoms with Gasteiger partial charge in [0.1, 0.15) is 4.34 Å². The van der Waals surface area contributed by atoms with Crippen molar-refractivity contribution in [3.8, 4) is 0 Å². The lowest BCUT2D eigenvalue weighted by Gasteiger charge is -1.84. The number of hydrogen-bond donors (Lipinski definition) is 2. The molecule has 4 nitrogen and oxygen atoms in total. The minimum atomic E-state index is -0.655. The standard InChI is InChI=1S/C4H4ClN3OS/c5-2-1(3(6)9)8-4(7)10-2/h(H2,6,9)(H2,7,8). The summed E-state index contributed by atoms with van der Waals surface area (Å²) in [5.74, 6) is -0.655. The first-order valence-electron chi connectivity index (χ1n) is 2.33. The van der Waals surface area contributed by atoms with E-state index in [-0.39, 0.29) is 15.2 Å². The molecule has 1 aromatic heterocycles. The van der Waals surface area contributed by atoms with Crippen LogP contribution >= 0.6 is 22.9 Å². The summed E-state index contributed by atoms with van der Waals surface area (Å²) in [6.45, 7) is 0. The Bertz CT molecular complexity index is 271. The number of nitrogen functional groups attached to an aromatic ring is 1. The molecule has 0 saturated carbocycles. The molecule has 1 rings (SSSR count). The zero-order valence-electron chi connectivity index (χ0n) is 4.80. The predicted molar refractivity (Wildman–Crippen MR) is 40.1 cm³/mol. The quantitative estimate of drug-likeness (QED) is 0.655. The highest BCUT2D eigenvalue weighted by molar-refractivity contribution is 7.19. The van der Waals surface area contributed by atoms with E-state index in [0.717, 1.165) is 11.3 Å². The molecule has 0 aliphatic rings. The molecule has 6 heteroatoms. The molecule has 4 N–H and O–H groups in total. The second-order valence-corrected chi connectivity index (χ2v) is 3.17. The van der Waals surface area contributed by atoms with Crippen LogP contribution in [0.3, 0.4) is 0 Å². The minimum absolute atomic E-state index is 0.0455. The maximum Gasteiger partial charge on any atom is 0.269 e. The summed E-state index contributed by atoms with van der Waals surface area (Å²) in [6.07, 6.45) is 0. The van der Waals surface area contributed by atoms with Gasteiger partial charge in [0.15, 0.2) is 10.8 Å². The van der Waals surface area contributed by atoms with Gasteiger partial charge >= 0.3 is 0 Å². The highest BCUT2D eigenvalue weighted by Gasteiger charge is 2.11. The van der Waals surface area contributed by atoms with E-state index in [1.165, 1.54) is 0 Å². The van der Waals surface area contributed by atoms with E-state index in [1.807, 2.05) is 0 Å². The largest absolute Gasteiger partial charge is 0.375 e. The Hall–Kier alpha value is -0.810. The molecule has 0 aliphatic heterocycles. The number of anilines is 1. The Morgan fingerprint density at radius 2 is 2.30 bits per heavy atom. The number of aromatic nitrogens is 1. The Morgan fingerprint density at radius 1 is 1.70 bits per heavy atom. The topological polar surface area (TPSA) is 82.0 Å². The fourth-order valence-corrected chi connectivity index (χ4v) is 1.41. The number of halogens is 1. The Labute approximate surface area is 65.8 Å². The van der Waals surface area contributed by atoms with E-state index in [4.69, 9.17) is 23.1 Å². The van der Waals surface area contributed by atoms with E-state index in [2.05, 4.69) is 4.98 Å². The summed E-state index contributed by atoms with van der Waals surface area (Å²) in [4.78, 5) is 14.1. The molecular weight excluding hydrogens is 174 g/mol. The zero-order valence-corrected chi connectivity index (χ0v) is 6.37. The Kier molecular flexibility index (Phi) is 1.78. The fraction of sp³-hybridized carbons (Fsp3) is 0. The zero-order chi connectivity index (χ0) is 7.72. The van der Waals surface area contributed by atoms with Crippen molar-refractivity contribution in [1.82, 2.24) is 4.98 Å². The third kappa shape index (κ3) is 1.19. The van der Waals surface area contributed by atoms with Crippen LogP contribution in [0.2, 0.25) is 4.34 Å². The van der Waals surface area contributed by atoms with Gasteiger partial charge in [-0.2, -0.15) is 0 Å². The number of thiazole rings is 1. The number of hydrogen-bond acceptors (Lipinski definition) is 4. The average molecular weight is 178 g/mol. The molecule has 54 valence electrons. The van der Waals surface area contributed by atoms with E-state index in [0.29, 0.717) is 0 Å². The van der Waals surface area contributed by atoms with Gasteiger partial charge in [0, 0.05) is 0 Å². The summed E-state index contributed by atoms with van der Waals surface area (Å²) in [6, 6.07) is 0. The highest BCUT2D eigenvalue weighted by atomic mass is 35.5. The maximum atomic E-state index is 10.5. The van der Waals surface area contributed by atoms with Gasteiger partial charge in [-0.15, -0.1) is 0 Å². The second-order valence-electron chi connectivity index (χ2n) is 1.54. The molecule has 0 bridgehead atoms. The van der Waals surface area contributed by atoms with Crippen molar-refractivity contribution in [3.05, 3.63) is 10.0 Å². The number of primary amides is 1. The van der Waals surface area contributed by atoms with Crippen molar-refractivity contribution >= 4 is 34.0 Å². The van der Waals surface area contributed by atoms with Crippen molar-refractivity contribution in [1.29, 1.82) is 0 Å². The van der Waals surface area contributed by atoms with Crippen LogP contribution < -0.4 is 11.5 Å². The van der Waals surface area contributed by atoms with Crippen molar-refractivity contribution in [2.75, 3.05) is 5.73 Å². The first-order chi connectivity index (χ1) is 4.61. The van der Waals surface area contributed by atoms with E-state index >= 15 is 0 Å². The van der Waals surface area contributed by atoms with Crippen LogP contribution in [0.5, 0.6) is 0 Å². The van der Waals surface area contributed by atoms with Crippen LogP contribution in [0.25, 0.3) is 0 Å². The number of nitrogens with zero attached hydrogens (tertiary/aromatic N) is 1. The predicted octanol–water partition coefficient (Wildman–Crippen LogP) is 0.478. The van der Waals surface area contributed by atoms with Crippen LogP contribution in [0.15, 0.2) is 0 Å². The van der Waals surface area contributed by atoms with Crippen LogP contribution in [-0.2, 0) is 0 Å². The summed E-state index contributed by atoms with van der Waals surface area (Å²) in [5.41, 5.74) is 10.2. The molecule has 1 aromatic rings. The molecule has 0 atom stereocenters. The van der Waals surface area contributed by atoms with E-state index in [9.17, 15) is 4.79 Å². The van der Waals surface area contributed by atoms with Crippen LogP contribution in [0, 0.1) is 0 Å². The lowest BCUT2D eigenvalue weighted by atomic mass is 10.5. The Morgan fingerprint density at radius 3 is 2.50 bits per heavy atom. The molecule has 0 spiro atoms. The third-order valence-corrected chi connectivity index (χ3v) is 1.92. The number of carbonyl (C=O) groups is 1. The first-order valence-corrected chi connectivity index (χ1v) is 3.52. The average Bonchev–Trinajstić information content (AvgIpc) is 2.10. The molecule has 0 fully saturated rings. The molecule has 10 heavy (non-hydrogen) atoms. The number of amides is 1.